The molecular formula is C30H40N4O3. The molecule has 0 unspecified atom stereocenters. The summed E-state index contributed by atoms with van der Waals surface area (Å²) in [6, 6.07) is 14.6. The van der Waals surface area contributed by atoms with Crippen molar-refractivity contribution in [1.29, 1.82) is 0 Å². The molecule has 3 N–H and O–H groups in total. The number of carbonyl (C=O) groups is 1. The number of amides is 1. The van der Waals surface area contributed by atoms with Gasteiger partial charge in [-0.15, -0.1) is 0 Å². The van der Waals surface area contributed by atoms with E-state index in [2.05, 4.69) is 33.8 Å². The molecule has 37 heavy (non-hydrogen) atoms. The first-order chi connectivity index (χ1) is 17.9. The summed E-state index contributed by atoms with van der Waals surface area (Å²) in [4.78, 5) is 14.5. The minimum Gasteiger partial charge on any atom is -0.492 e. The second-order valence-electron chi connectivity index (χ2n) is 10.9. The van der Waals surface area contributed by atoms with E-state index < -0.39 is 6.09 Å². The first-order valence-electron chi connectivity index (χ1n) is 13.8. The van der Waals surface area contributed by atoms with E-state index in [0.717, 1.165) is 58.9 Å². The molecule has 1 saturated carbocycles. The smallest absolute Gasteiger partial charge is 0.411 e. The Morgan fingerprint density at radius 1 is 1.08 bits per heavy atom. The highest BCUT2D eigenvalue weighted by molar-refractivity contribution is 6.01. The zero-order valence-electron chi connectivity index (χ0n) is 22.3. The van der Waals surface area contributed by atoms with Gasteiger partial charge in [-0.3, -0.25) is 10.2 Å². The number of nitrogens with two attached hydrogens (primary N) is 1. The van der Waals surface area contributed by atoms with Crippen LogP contribution in [0.1, 0.15) is 58.9 Å². The van der Waals surface area contributed by atoms with Crippen LogP contribution in [0.4, 0.5) is 16.2 Å². The van der Waals surface area contributed by atoms with Crippen molar-refractivity contribution < 1.29 is 14.3 Å². The molecule has 1 aromatic heterocycles. The van der Waals surface area contributed by atoms with E-state index in [4.69, 9.17) is 15.2 Å². The summed E-state index contributed by atoms with van der Waals surface area (Å²) in [6.45, 7) is 10.00. The average molecular weight is 505 g/mol. The maximum Gasteiger partial charge on any atom is 0.411 e. The van der Waals surface area contributed by atoms with E-state index in [9.17, 15) is 4.79 Å². The van der Waals surface area contributed by atoms with Crippen LogP contribution in [0.3, 0.4) is 0 Å². The molecule has 198 valence electrons. The third kappa shape index (κ3) is 5.72. The van der Waals surface area contributed by atoms with Gasteiger partial charge in [-0.1, -0.05) is 19.1 Å². The zero-order valence-corrected chi connectivity index (χ0v) is 22.3. The van der Waals surface area contributed by atoms with Gasteiger partial charge in [0.15, 0.2) is 0 Å². The number of hydrogen-bond donors (Lipinski definition) is 2. The molecular weight excluding hydrogens is 464 g/mol. The van der Waals surface area contributed by atoms with Gasteiger partial charge in [0.25, 0.3) is 0 Å². The zero-order chi connectivity index (χ0) is 25.9. The Hall–Kier alpha value is -3.19. The first-order valence-corrected chi connectivity index (χ1v) is 13.8. The van der Waals surface area contributed by atoms with Crippen molar-refractivity contribution in [3.05, 3.63) is 42.5 Å². The SMILES string of the molecule is CC1CCN(CCOc2ccc3c(N)c(-c4ccc(NC(=O)OC(C)C)cc4)n(C4CCC4)c3c2)CC1. The molecule has 1 aliphatic heterocycles. The van der Waals surface area contributed by atoms with E-state index >= 15 is 0 Å². The molecule has 0 spiro atoms. The highest BCUT2D eigenvalue weighted by Crippen LogP contribution is 2.45. The monoisotopic (exact) mass is 504 g/mol. The standard InChI is InChI=1S/C30H40N4O3/c1-20(2)37-30(35)32-23-9-7-22(8-10-23)29-28(31)26-12-11-25(19-27(26)34(29)24-5-4-6-24)36-18-17-33-15-13-21(3)14-16-33/h7-12,19-21,24H,4-6,13-18,31H2,1-3H3,(H,32,35). The molecule has 0 atom stereocenters. The fourth-order valence-corrected chi connectivity index (χ4v) is 5.38. The van der Waals surface area contributed by atoms with Gasteiger partial charge >= 0.3 is 6.09 Å². The number of piperidine rings is 1. The summed E-state index contributed by atoms with van der Waals surface area (Å²) in [5, 5.41) is 3.84. The van der Waals surface area contributed by atoms with Gasteiger partial charge in [0.2, 0.25) is 0 Å². The Bertz CT molecular complexity index is 1220. The maximum atomic E-state index is 12.0. The predicted octanol–water partition coefficient (Wildman–Crippen LogP) is 6.68. The van der Waals surface area contributed by atoms with Crippen molar-refractivity contribution in [2.75, 3.05) is 37.3 Å². The lowest BCUT2D eigenvalue weighted by Gasteiger charge is -2.30. The number of anilines is 2. The number of aromatic nitrogens is 1. The highest BCUT2D eigenvalue weighted by Gasteiger charge is 2.27. The summed E-state index contributed by atoms with van der Waals surface area (Å²) in [5.74, 6) is 1.73. The normalized spacial score (nSPS) is 17.2. The Balaban J connectivity index is 1.37. The van der Waals surface area contributed by atoms with E-state index in [0.29, 0.717) is 18.3 Å². The summed E-state index contributed by atoms with van der Waals surface area (Å²) < 4.78 is 13.8. The average Bonchev–Trinajstić information content (AvgIpc) is 3.11. The number of ether oxygens (including phenoxy) is 2. The Morgan fingerprint density at radius 3 is 2.46 bits per heavy atom. The largest absolute Gasteiger partial charge is 0.492 e. The lowest BCUT2D eigenvalue weighted by atomic mass is 9.92. The topological polar surface area (TPSA) is 81.8 Å². The van der Waals surface area contributed by atoms with Crippen molar-refractivity contribution in [3.63, 3.8) is 0 Å². The summed E-state index contributed by atoms with van der Waals surface area (Å²) in [7, 11) is 0. The second kappa shape index (κ2) is 11.1. The molecule has 7 heteroatoms. The van der Waals surface area contributed by atoms with Crippen LogP contribution < -0.4 is 15.8 Å². The molecule has 0 bridgehead atoms. The van der Waals surface area contributed by atoms with Crippen molar-refractivity contribution in [2.24, 2.45) is 5.92 Å². The predicted molar refractivity (Wildman–Crippen MR) is 150 cm³/mol. The number of rotatable bonds is 8. The molecule has 1 saturated heterocycles. The van der Waals surface area contributed by atoms with E-state index in [-0.39, 0.29) is 6.10 Å². The molecule has 2 aliphatic rings. The molecule has 3 aromatic rings. The van der Waals surface area contributed by atoms with Crippen LogP contribution in [0.15, 0.2) is 42.5 Å². The number of benzene rings is 2. The summed E-state index contributed by atoms with van der Waals surface area (Å²) in [5.41, 5.74) is 11.4. The van der Waals surface area contributed by atoms with Gasteiger partial charge in [-0.25, -0.2) is 4.79 Å². The summed E-state index contributed by atoms with van der Waals surface area (Å²) in [6.07, 6.45) is 5.47. The molecule has 2 heterocycles. The third-order valence-electron chi connectivity index (χ3n) is 7.75. The van der Waals surface area contributed by atoms with E-state index in [1.54, 1.807) is 0 Å². The minimum absolute atomic E-state index is 0.167. The van der Waals surface area contributed by atoms with Gasteiger partial charge < -0.3 is 19.8 Å². The van der Waals surface area contributed by atoms with Crippen LogP contribution in [0.25, 0.3) is 22.2 Å². The molecule has 5 rings (SSSR count). The number of likely N-dealkylation sites (tertiary alicyclic amines) is 1. The number of carbonyl (C=O) groups excluding carboxylic acids is 1. The fourth-order valence-electron chi connectivity index (χ4n) is 5.38. The van der Waals surface area contributed by atoms with Crippen molar-refractivity contribution in [2.45, 2.75) is 65.0 Å². The lowest BCUT2D eigenvalue weighted by Crippen LogP contribution is -2.35. The number of nitrogen functional groups attached to an aromatic ring is 1. The fraction of sp³-hybridized carbons (Fsp3) is 0.500. The molecule has 7 nitrogen and oxygen atoms in total. The maximum absolute atomic E-state index is 12.0. The van der Waals surface area contributed by atoms with Gasteiger partial charge in [-0.05, 0) is 89.2 Å². The van der Waals surface area contributed by atoms with Crippen LogP contribution in [0, 0.1) is 5.92 Å². The molecule has 1 amide bonds. The minimum atomic E-state index is -0.451. The molecule has 2 fully saturated rings. The van der Waals surface area contributed by atoms with E-state index in [1.165, 1.54) is 32.4 Å². The lowest BCUT2D eigenvalue weighted by molar-refractivity contribution is 0.130. The quantitative estimate of drug-likeness (QED) is 0.357. The van der Waals surface area contributed by atoms with E-state index in [1.807, 2.05) is 44.2 Å². The van der Waals surface area contributed by atoms with Crippen molar-refractivity contribution in [1.82, 2.24) is 9.47 Å². The molecule has 2 aromatic carbocycles. The van der Waals surface area contributed by atoms with Crippen LogP contribution in [-0.4, -0.2) is 47.9 Å². The number of hydrogen-bond acceptors (Lipinski definition) is 5. The molecule has 1 aliphatic carbocycles. The molecule has 0 radical (unpaired) electrons. The first kappa shape index (κ1) is 25.5. The van der Waals surface area contributed by atoms with Gasteiger partial charge in [0.05, 0.1) is 23.0 Å². The Morgan fingerprint density at radius 2 is 1.81 bits per heavy atom. The Kier molecular flexibility index (Phi) is 7.60. The number of fused-ring (bicyclic) bond motifs is 1. The van der Waals surface area contributed by atoms with Gasteiger partial charge in [0.1, 0.15) is 12.4 Å². The van der Waals surface area contributed by atoms with Crippen LogP contribution >= 0.6 is 0 Å². The number of nitrogens with zero attached hydrogens (tertiary/aromatic N) is 2. The van der Waals surface area contributed by atoms with Gasteiger partial charge in [-0.2, -0.15) is 0 Å². The summed E-state index contributed by atoms with van der Waals surface area (Å²) >= 11 is 0. The van der Waals surface area contributed by atoms with Crippen molar-refractivity contribution in [3.8, 4) is 17.0 Å². The highest BCUT2D eigenvalue weighted by atomic mass is 16.6. The van der Waals surface area contributed by atoms with Crippen LogP contribution in [0.2, 0.25) is 0 Å². The van der Waals surface area contributed by atoms with Crippen molar-refractivity contribution >= 4 is 28.4 Å². The van der Waals surface area contributed by atoms with Crippen LogP contribution in [-0.2, 0) is 4.74 Å². The Labute approximate surface area is 219 Å². The third-order valence-corrected chi connectivity index (χ3v) is 7.75. The number of nitrogens with one attached hydrogen (secondary N) is 1. The van der Waals surface area contributed by atoms with Crippen LogP contribution in [0.5, 0.6) is 5.75 Å². The van der Waals surface area contributed by atoms with Gasteiger partial charge in [0, 0.05) is 35.3 Å². The second-order valence-corrected chi connectivity index (χ2v) is 10.9.